The van der Waals surface area contributed by atoms with Gasteiger partial charge in [-0.25, -0.2) is 8.78 Å². The first-order valence-corrected chi connectivity index (χ1v) is 7.16. The van der Waals surface area contributed by atoms with Gasteiger partial charge in [0.1, 0.15) is 11.1 Å². The molecule has 0 saturated carbocycles. The Morgan fingerprint density at radius 1 is 1.33 bits per heavy atom. The van der Waals surface area contributed by atoms with E-state index in [2.05, 4.69) is 15.5 Å². The minimum absolute atomic E-state index is 0.0165. The molecule has 1 fully saturated rings. The highest BCUT2D eigenvalue weighted by Gasteiger charge is 2.22. The largest absolute Gasteiger partial charge is 0.371 e. The Morgan fingerprint density at radius 2 is 2.19 bits per heavy atom. The molecule has 0 radical (unpaired) electrons. The van der Waals surface area contributed by atoms with Crippen LogP contribution in [0.3, 0.4) is 0 Å². The summed E-state index contributed by atoms with van der Waals surface area (Å²) in [5.74, 6) is -2.63. The standard InChI is InChI=1S/C13H11F2N3O2S/c14-8-4-3-7(6-9(8)15)11(19)16-13-18-17-12(21-13)10-2-1-5-20-10/h3-4,6,10H,1-2,5H2,(H,16,18,19). The summed E-state index contributed by atoms with van der Waals surface area (Å²) in [6.07, 6.45) is 1.78. The van der Waals surface area contributed by atoms with Gasteiger partial charge in [0, 0.05) is 12.2 Å². The Morgan fingerprint density at radius 3 is 2.90 bits per heavy atom. The van der Waals surface area contributed by atoms with Crippen molar-refractivity contribution in [1.82, 2.24) is 10.2 Å². The van der Waals surface area contributed by atoms with E-state index in [1.54, 1.807) is 0 Å². The van der Waals surface area contributed by atoms with E-state index in [1.165, 1.54) is 17.4 Å². The normalized spacial score (nSPS) is 17.9. The Kier molecular flexibility index (Phi) is 3.89. The molecule has 110 valence electrons. The van der Waals surface area contributed by atoms with Crippen LogP contribution in [0.15, 0.2) is 18.2 Å². The van der Waals surface area contributed by atoms with Crippen LogP contribution in [0, 0.1) is 11.6 Å². The molecule has 1 aliphatic rings. The maximum atomic E-state index is 13.1. The number of hydrogen-bond donors (Lipinski definition) is 1. The number of halogens is 2. The Bertz CT molecular complexity index is 671. The zero-order chi connectivity index (χ0) is 14.8. The second-order valence-corrected chi connectivity index (χ2v) is 5.54. The summed E-state index contributed by atoms with van der Waals surface area (Å²) >= 11 is 1.21. The predicted octanol–water partition coefficient (Wildman–Crippen LogP) is 2.92. The van der Waals surface area contributed by atoms with Crippen LogP contribution in [-0.4, -0.2) is 22.7 Å². The fourth-order valence-electron chi connectivity index (χ4n) is 1.99. The molecule has 1 aromatic carbocycles. The van der Waals surface area contributed by atoms with Crippen molar-refractivity contribution in [2.75, 3.05) is 11.9 Å². The van der Waals surface area contributed by atoms with Crippen molar-refractivity contribution in [2.24, 2.45) is 0 Å². The predicted molar refractivity (Wildman–Crippen MR) is 72.1 cm³/mol. The highest BCUT2D eigenvalue weighted by Crippen LogP contribution is 2.31. The molecule has 2 aromatic rings. The molecule has 1 aromatic heterocycles. The van der Waals surface area contributed by atoms with Crippen molar-refractivity contribution in [3.63, 3.8) is 0 Å². The number of aromatic nitrogens is 2. The minimum atomic E-state index is -1.07. The number of anilines is 1. The molecule has 1 atom stereocenters. The molecule has 1 saturated heterocycles. The third-order valence-corrected chi connectivity index (χ3v) is 3.98. The van der Waals surface area contributed by atoms with Gasteiger partial charge in [-0.2, -0.15) is 0 Å². The van der Waals surface area contributed by atoms with E-state index in [0.29, 0.717) is 16.7 Å². The summed E-state index contributed by atoms with van der Waals surface area (Å²) in [6.45, 7) is 0.695. The van der Waals surface area contributed by atoms with Crippen LogP contribution in [0.25, 0.3) is 0 Å². The van der Waals surface area contributed by atoms with Crippen molar-refractivity contribution in [3.05, 3.63) is 40.4 Å². The Balaban J connectivity index is 1.70. The fourth-order valence-corrected chi connectivity index (χ4v) is 2.82. The van der Waals surface area contributed by atoms with Crippen LogP contribution < -0.4 is 5.32 Å². The molecule has 0 aliphatic carbocycles. The number of amides is 1. The molecule has 21 heavy (non-hydrogen) atoms. The lowest BCUT2D eigenvalue weighted by Crippen LogP contribution is -2.12. The number of benzene rings is 1. The number of ether oxygens (including phenoxy) is 1. The maximum absolute atomic E-state index is 13.1. The Labute approximate surface area is 123 Å². The van der Waals surface area contributed by atoms with Gasteiger partial charge >= 0.3 is 0 Å². The van der Waals surface area contributed by atoms with Gasteiger partial charge in [0.2, 0.25) is 5.13 Å². The quantitative estimate of drug-likeness (QED) is 0.946. The molecular formula is C13H11F2N3O2S. The van der Waals surface area contributed by atoms with Gasteiger partial charge in [0.25, 0.3) is 5.91 Å². The summed E-state index contributed by atoms with van der Waals surface area (Å²) in [4.78, 5) is 11.9. The lowest BCUT2D eigenvalue weighted by atomic mass is 10.2. The van der Waals surface area contributed by atoms with Crippen LogP contribution in [0.2, 0.25) is 0 Å². The first-order chi connectivity index (χ1) is 10.1. The van der Waals surface area contributed by atoms with E-state index >= 15 is 0 Å². The third-order valence-electron chi connectivity index (χ3n) is 3.05. The van der Waals surface area contributed by atoms with Gasteiger partial charge in [-0.3, -0.25) is 10.1 Å². The van der Waals surface area contributed by atoms with Crippen molar-refractivity contribution in [1.29, 1.82) is 0 Å². The van der Waals surface area contributed by atoms with Crippen molar-refractivity contribution >= 4 is 22.4 Å². The first-order valence-electron chi connectivity index (χ1n) is 6.35. The smallest absolute Gasteiger partial charge is 0.257 e. The molecule has 5 nitrogen and oxygen atoms in total. The van der Waals surface area contributed by atoms with Gasteiger partial charge in [0.15, 0.2) is 11.6 Å². The van der Waals surface area contributed by atoms with Crippen LogP contribution in [0.1, 0.15) is 34.3 Å². The molecule has 8 heteroatoms. The monoisotopic (exact) mass is 311 g/mol. The molecule has 1 unspecified atom stereocenters. The summed E-state index contributed by atoms with van der Waals surface area (Å²) in [7, 11) is 0. The maximum Gasteiger partial charge on any atom is 0.257 e. The highest BCUT2D eigenvalue weighted by molar-refractivity contribution is 7.15. The summed E-state index contributed by atoms with van der Waals surface area (Å²) < 4.78 is 31.4. The SMILES string of the molecule is O=C(Nc1nnc(C2CCCO2)s1)c1ccc(F)c(F)c1. The lowest BCUT2D eigenvalue weighted by molar-refractivity contribution is 0.102. The van der Waals surface area contributed by atoms with E-state index in [4.69, 9.17) is 4.74 Å². The molecule has 3 rings (SSSR count). The Hall–Kier alpha value is -1.93. The summed E-state index contributed by atoms with van der Waals surface area (Å²) in [6, 6.07) is 2.95. The van der Waals surface area contributed by atoms with E-state index in [9.17, 15) is 13.6 Å². The third kappa shape index (κ3) is 3.06. The van der Waals surface area contributed by atoms with Crippen LogP contribution in [-0.2, 0) is 4.74 Å². The van der Waals surface area contributed by atoms with E-state index < -0.39 is 17.5 Å². The number of carbonyl (C=O) groups is 1. The average Bonchev–Trinajstić information content (AvgIpc) is 3.12. The molecule has 0 spiro atoms. The van der Waals surface area contributed by atoms with Gasteiger partial charge in [-0.15, -0.1) is 10.2 Å². The molecule has 1 N–H and O–H groups in total. The van der Waals surface area contributed by atoms with E-state index in [1.807, 2.05) is 0 Å². The second-order valence-electron chi connectivity index (χ2n) is 4.53. The second kappa shape index (κ2) is 5.82. The fraction of sp³-hybridized carbons (Fsp3) is 0.308. The number of rotatable bonds is 3. The number of nitrogens with zero attached hydrogens (tertiary/aromatic N) is 2. The van der Waals surface area contributed by atoms with Gasteiger partial charge in [-0.05, 0) is 31.0 Å². The number of hydrogen-bond acceptors (Lipinski definition) is 5. The molecular weight excluding hydrogens is 300 g/mol. The summed E-state index contributed by atoms with van der Waals surface area (Å²) in [5, 5.41) is 11.3. The number of nitrogens with one attached hydrogen (secondary N) is 1. The van der Waals surface area contributed by atoms with Crippen LogP contribution >= 0.6 is 11.3 Å². The van der Waals surface area contributed by atoms with Crippen molar-refractivity contribution in [3.8, 4) is 0 Å². The molecule has 1 amide bonds. The summed E-state index contributed by atoms with van der Waals surface area (Å²) in [5.41, 5.74) is 0.0165. The van der Waals surface area contributed by atoms with Crippen LogP contribution in [0.5, 0.6) is 0 Å². The van der Waals surface area contributed by atoms with Gasteiger partial charge in [0.05, 0.1) is 0 Å². The first kappa shape index (κ1) is 14.0. The molecule has 1 aliphatic heterocycles. The molecule has 2 heterocycles. The van der Waals surface area contributed by atoms with E-state index in [-0.39, 0.29) is 11.7 Å². The zero-order valence-corrected chi connectivity index (χ0v) is 11.6. The van der Waals surface area contributed by atoms with E-state index in [0.717, 1.165) is 25.0 Å². The van der Waals surface area contributed by atoms with Crippen molar-refractivity contribution in [2.45, 2.75) is 18.9 Å². The van der Waals surface area contributed by atoms with Gasteiger partial charge < -0.3 is 4.74 Å². The van der Waals surface area contributed by atoms with Crippen molar-refractivity contribution < 1.29 is 18.3 Å². The topological polar surface area (TPSA) is 64.1 Å². The van der Waals surface area contributed by atoms with Gasteiger partial charge in [-0.1, -0.05) is 11.3 Å². The zero-order valence-electron chi connectivity index (χ0n) is 10.8. The number of carbonyl (C=O) groups excluding carboxylic acids is 1. The average molecular weight is 311 g/mol. The lowest BCUT2D eigenvalue weighted by Gasteiger charge is -2.03. The van der Waals surface area contributed by atoms with Crippen LogP contribution in [0.4, 0.5) is 13.9 Å². The minimum Gasteiger partial charge on any atom is -0.371 e. The highest BCUT2D eigenvalue weighted by atomic mass is 32.1. The molecule has 0 bridgehead atoms.